The van der Waals surface area contributed by atoms with Crippen LogP contribution in [0.1, 0.15) is 28.8 Å². The molecule has 0 saturated carbocycles. The molecule has 0 amide bonds. The van der Waals surface area contributed by atoms with Gasteiger partial charge in [-0.15, -0.1) is 0 Å². The lowest BCUT2D eigenvalue weighted by atomic mass is 10.1. The van der Waals surface area contributed by atoms with E-state index in [1.165, 1.54) is 5.56 Å². The van der Waals surface area contributed by atoms with E-state index in [4.69, 9.17) is 5.11 Å². The van der Waals surface area contributed by atoms with Gasteiger partial charge >= 0.3 is 5.97 Å². The molecule has 2 aromatic rings. The molecule has 0 spiro atoms. The van der Waals surface area contributed by atoms with Gasteiger partial charge in [-0.1, -0.05) is 30.3 Å². The van der Waals surface area contributed by atoms with Gasteiger partial charge < -0.3 is 5.11 Å². The van der Waals surface area contributed by atoms with Gasteiger partial charge in [0.2, 0.25) is 0 Å². The Morgan fingerprint density at radius 3 is 2.58 bits per heavy atom. The largest absolute Gasteiger partial charge is 0.477 e. The molecule has 1 aromatic heterocycles. The molecule has 0 atom stereocenters. The van der Waals surface area contributed by atoms with E-state index < -0.39 is 5.97 Å². The van der Waals surface area contributed by atoms with Crippen molar-refractivity contribution in [2.45, 2.75) is 25.8 Å². The number of pyridine rings is 1. The summed E-state index contributed by atoms with van der Waals surface area (Å²) in [4.78, 5) is 10.9. The van der Waals surface area contributed by atoms with Crippen molar-refractivity contribution < 1.29 is 14.5 Å². The van der Waals surface area contributed by atoms with Crippen LogP contribution in [0.2, 0.25) is 0 Å². The first-order valence-electron chi connectivity index (χ1n) is 6.52. The molecule has 3 nitrogen and oxygen atoms in total. The first kappa shape index (κ1) is 13.3. The number of rotatable bonds is 6. The van der Waals surface area contributed by atoms with E-state index >= 15 is 0 Å². The number of aryl methyl sites for hydroxylation is 2. The Labute approximate surface area is 113 Å². The van der Waals surface area contributed by atoms with E-state index in [9.17, 15) is 4.79 Å². The predicted octanol–water partition coefficient (Wildman–Crippen LogP) is 2.70. The fraction of sp³-hybridized carbons (Fsp3) is 0.250. The highest BCUT2D eigenvalue weighted by molar-refractivity contribution is 5.86. The average Bonchev–Trinajstić information content (AvgIpc) is 2.45. The summed E-state index contributed by atoms with van der Waals surface area (Å²) in [5.41, 5.74) is 1.69. The third kappa shape index (κ3) is 4.21. The van der Waals surface area contributed by atoms with Crippen LogP contribution < -0.4 is 4.57 Å². The molecule has 1 heterocycles. The van der Waals surface area contributed by atoms with E-state index in [0.29, 0.717) is 5.56 Å². The van der Waals surface area contributed by atoms with E-state index in [0.717, 1.165) is 25.8 Å². The van der Waals surface area contributed by atoms with Crippen LogP contribution in [0.15, 0.2) is 54.9 Å². The average molecular weight is 256 g/mol. The normalized spacial score (nSPS) is 10.3. The van der Waals surface area contributed by atoms with Gasteiger partial charge in [-0.25, -0.2) is 9.36 Å². The fourth-order valence-electron chi connectivity index (χ4n) is 2.06. The number of carboxylic acid groups (broad SMARTS) is 1. The summed E-state index contributed by atoms with van der Waals surface area (Å²) in [5.74, 6) is -0.876. The van der Waals surface area contributed by atoms with Crippen LogP contribution in [0.4, 0.5) is 0 Å². The van der Waals surface area contributed by atoms with Gasteiger partial charge in [0.15, 0.2) is 12.4 Å². The second-order valence-corrected chi connectivity index (χ2v) is 4.58. The van der Waals surface area contributed by atoms with Gasteiger partial charge in [-0.3, -0.25) is 0 Å². The topological polar surface area (TPSA) is 41.2 Å². The number of benzene rings is 1. The fourth-order valence-corrected chi connectivity index (χ4v) is 2.06. The van der Waals surface area contributed by atoms with Crippen LogP contribution in [0.5, 0.6) is 0 Å². The SMILES string of the molecule is O=C(O)c1ccc[n+](CCCCc2ccccc2)c1. The smallest absolute Gasteiger partial charge is 0.341 e. The monoisotopic (exact) mass is 256 g/mol. The molecule has 0 bridgehead atoms. The second kappa shape index (κ2) is 6.69. The number of hydrogen-bond acceptors (Lipinski definition) is 1. The summed E-state index contributed by atoms with van der Waals surface area (Å²) in [5, 5.41) is 8.92. The van der Waals surface area contributed by atoms with Crippen molar-refractivity contribution in [2.24, 2.45) is 0 Å². The molecular weight excluding hydrogens is 238 g/mol. The Morgan fingerprint density at radius 2 is 1.84 bits per heavy atom. The van der Waals surface area contributed by atoms with Crippen LogP contribution in [0.3, 0.4) is 0 Å². The van der Waals surface area contributed by atoms with Crippen LogP contribution in [0.25, 0.3) is 0 Å². The molecule has 98 valence electrons. The van der Waals surface area contributed by atoms with Gasteiger partial charge in [-0.05, 0) is 24.5 Å². The summed E-state index contributed by atoms with van der Waals surface area (Å²) in [6.07, 6.45) is 6.82. The number of unbranched alkanes of at least 4 members (excludes halogenated alkanes) is 1. The number of aromatic nitrogens is 1. The molecule has 0 fully saturated rings. The number of aromatic carboxylic acids is 1. The standard InChI is InChI=1S/C16H17NO2/c18-16(19)15-10-6-12-17(13-15)11-5-4-9-14-7-2-1-3-8-14/h1-3,6-8,10,12-13H,4-5,9,11H2/p+1. The third-order valence-electron chi connectivity index (χ3n) is 3.08. The van der Waals surface area contributed by atoms with Crippen LogP contribution in [0, 0.1) is 0 Å². The van der Waals surface area contributed by atoms with Crippen LogP contribution in [-0.2, 0) is 13.0 Å². The zero-order valence-electron chi connectivity index (χ0n) is 10.8. The number of nitrogens with zero attached hydrogens (tertiary/aromatic N) is 1. The maximum atomic E-state index is 10.9. The summed E-state index contributed by atoms with van der Waals surface area (Å²) in [6.45, 7) is 0.855. The Morgan fingerprint density at radius 1 is 1.05 bits per heavy atom. The Bertz CT molecular complexity index is 537. The molecule has 0 unspecified atom stereocenters. The molecule has 2 rings (SSSR count). The van der Waals surface area contributed by atoms with Gasteiger partial charge in [-0.2, -0.15) is 0 Å². The molecule has 0 aliphatic heterocycles. The Hall–Kier alpha value is -2.16. The summed E-state index contributed by atoms with van der Waals surface area (Å²) < 4.78 is 1.94. The second-order valence-electron chi connectivity index (χ2n) is 4.58. The van der Waals surface area contributed by atoms with Gasteiger partial charge in [0.1, 0.15) is 12.1 Å². The predicted molar refractivity (Wildman–Crippen MR) is 73.0 cm³/mol. The van der Waals surface area contributed by atoms with Gasteiger partial charge in [0.05, 0.1) is 0 Å². The number of carbonyl (C=O) groups is 1. The maximum Gasteiger partial charge on any atom is 0.341 e. The summed E-state index contributed by atoms with van der Waals surface area (Å²) in [6, 6.07) is 13.8. The van der Waals surface area contributed by atoms with E-state index in [1.807, 2.05) is 16.8 Å². The van der Waals surface area contributed by atoms with E-state index in [-0.39, 0.29) is 0 Å². The lowest BCUT2D eigenvalue weighted by Gasteiger charge is -2.00. The van der Waals surface area contributed by atoms with E-state index in [2.05, 4.69) is 24.3 Å². The van der Waals surface area contributed by atoms with Crippen molar-refractivity contribution in [1.82, 2.24) is 0 Å². The summed E-state index contributed by atoms with van der Waals surface area (Å²) in [7, 11) is 0. The lowest BCUT2D eigenvalue weighted by Crippen LogP contribution is -2.33. The van der Waals surface area contributed by atoms with Crippen molar-refractivity contribution in [3.8, 4) is 0 Å². The molecule has 0 radical (unpaired) electrons. The Balaban J connectivity index is 1.80. The highest BCUT2D eigenvalue weighted by atomic mass is 16.4. The highest BCUT2D eigenvalue weighted by Gasteiger charge is 2.08. The first-order chi connectivity index (χ1) is 9.25. The first-order valence-corrected chi connectivity index (χ1v) is 6.52. The van der Waals surface area contributed by atoms with Gasteiger partial charge in [0.25, 0.3) is 0 Å². The lowest BCUT2D eigenvalue weighted by molar-refractivity contribution is -0.697. The minimum absolute atomic E-state index is 0.338. The molecule has 1 N–H and O–H groups in total. The zero-order chi connectivity index (χ0) is 13.5. The number of hydrogen-bond donors (Lipinski definition) is 1. The van der Waals surface area contributed by atoms with Crippen molar-refractivity contribution in [1.29, 1.82) is 0 Å². The molecule has 3 heteroatoms. The van der Waals surface area contributed by atoms with Crippen LogP contribution in [-0.4, -0.2) is 11.1 Å². The van der Waals surface area contributed by atoms with Crippen molar-refractivity contribution >= 4 is 5.97 Å². The van der Waals surface area contributed by atoms with Crippen molar-refractivity contribution in [2.75, 3.05) is 0 Å². The van der Waals surface area contributed by atoms with E-state index in [1.54, 1.807) is 18.3 Å². The molecular formula is C16H18NO2+. The van der Waals surface area contributed by atoms with Gasteiger partial charge in [0, 0.05) is 12.5 Å². The molecule has 0 aliphatic rings. The maximum absolute atomic E-state index is 10.9. The number of carboxylic acids is 1. The van der Waals surface area contributed by atoms with Crippen LogP contribution >= 0.6 is 0 Å². The molecule has 1 aromatic carbocycles. The van der Waals surface area contributed by atoms with Crippen molar-refractivity contribution in [3.63, 3.8) is 0 Å². The minimum Gasteiger partial charge on any atom is -0.477 e. The summed E-state index contributed by atoms with van der Waals surface area (Å²) >= 11 is 0. The van der Waals surface area contributed by atoms with Crippen molar-refractivity contribution in [3.05, 3.63) is 66.0 Å². The zero-order valence-corrected chi connectivity index (χ0v) is 10.8. The third-order valence-corrected chi connectivity index (χ3v) is 3.08. The quantitative estimate of drug-likeness (QED) is 0.637. The Kier molecular flexibility index (Phi) is 4.67. The highest BCUT2D eigenvalue weighted by Crippen LogP contribution is 2.04. The molecule has 19 heavy (non-hydrogen) atoms. The minimum atomic E-state index is -0.876. The molecule has 0 saturated heterocycles. The molecule has 0 aliphatic carbocycles.